The predicted molar refractivity (Wildman–Crippen MR) is 149 cm³/mol. The van der Waals surface area contributed by atoms with Crippen LogP contribution in [0.15, 0.2) is 48.0 Å². The molecular weight excluding hydrogens is 452 g/mol. The van der Waals surface area contributed by atoms with Gasteiger partial charge < -0.3 is 15.2 Å². The van der Waals surface area contributed by atoms with Gasteiger partial charge in [0.05, 0.1) is 6.61 Å². The summed E-state index contributed by atoms with van der Waals surface area (Å²) in [5.41, 5.74) is 3.77. The number of amides is 2. The highest BCUT2D eigenvalue weighted by molar-refractivity contribution is 5.93. The van der Waals surface area contributed by atoms with Crippen LogP contribution in [0, 0.1) is 0 Å². The number of carboxylic acid groups (broad SMARTS) is 1. The van der Waals surface area contributed by atoms with E-state index in [-0.39, 0.29) is 6.03 Å². The van der Waals surface area contributed by atoms with Gasteiger partial charge in [-0.3, -0.25) is 4.90 Å². The zero-order chi connectivity index (χ0) is 26.3. The van der Waals surface area contributed by atoms with Gasteiger partial charge in [-0.2, -0.15) is 0 Å². The van der Waals surface area contributed by atoms with Gasteiger partial charge in [-0.25, -0.2) is 9.59 Å². The summed E-state index contributed by atoms with van der Waals surface area (Å²) in [5, 5.41) is 12.4. The maximum absolute atomic E-state index is 12.7. The van der Waals surface area contributed by atoms with Crippen LogP contribution < -0.4 is 15.0 Å². The molecule has 0 aliphatic rings. The Morgan fingerprint density at radius 2 is 1.72 bits per heavy atom. The maximum Gasteiger partial charge on any atom is 0.331 e. The van der Waals surface area contributed by atoms with E-state index in [0.717, 1.165) is 48.1 Å². The number of ether oxygens (including phenoxy) is 1. The van der Waals surface area contributed by atoms with Crippen LogP contribution in [0.5, 0.6) is 5.75 Å². The first kappa shape index (κ1) is 29.0. The first-order chi connectivity index (χ1) is 17.4. The molecule has 0 unspecified atom stereocenters. The van der Waals surface area contributed by atoms with Gasteiger partial charge in [-0.15, -0.1) is 0 Å². The van der Waals surface area contributed by atoms with Crippen molar-refractivity contribution in [3.8, 4) is 16.9 Å². The van der Waals surface area contributed by atoms with E-state index in [0.29, 0.717) is 30.9 Å². The molecule has 0 heterocycles. The molecule has 0 atom stereocenters. The summed E-state index contributed by atoms with van der Waals surface area (Å²) < 4.78 is 6.12. The molecule has 0 saturated carbocycles. The largest absolute Gasteiger partial charge is 0.493 e. The van der Waals surface area contributed by atoms with Crippen molar-refractivity contribution < 1.29 is 19.4 Å². The summed E-state index contributed by atoms with van der Waals surface area (Å²) in [5.74, 6) is -0.209. The number of carbonyl (C=O) groups is 2. The van der Waals surface area contributed by atoms with E-state index >= 15 is 0 Å². The number of rotatable bonds is 15. The van der Waals surface area contributed by atoms with Crippen molar-refractivity contribution in [2.45, 2.75) is 72.1 Å². The Morgan fingerprint density at radius 1 is 0.972 bits per heavy atom. The lowest BCUT2D eigenvalue weighted by Crippen LogP contribution is -2.37. The fourth-order valence-corrected chi connectivity index (χ4v) is 3.87. The molecule has 2 aromatic carbocycles. The highest BCUT2D eigenvalue weighted by Gasteiger charge is 2.14. The van der Waals surface area contributed by atoms with Crippen molar-refractivity contribution in [3.63, 3.8) is 0 Å². The monoisotopic (exact) mass is 494 g/mol. The third kappa shape index (κ3) is 9.06. The molecule has 0 bridgehead atoms. The van der Waals surface area contributed by atoms with Crippen molar-refractivity contribution in [2.24, 2.45) is 0 Å². The maximum atomic E-state index is 12.7. The second kappa shape index (κ2) is 15.7. The number of urea groups is 1. The number of hydrogen-bond acceptors (Lipinski definition) is 3. The summed E-state index contributed by atoms with van der Waals surface area (Å²) >= 11 is 0. The molecule has 2 rings (SSSR count). The third-order valence-electron chi connectivity index (χ3n) is 6.16. The highest BCUT2D eigenvalue weighted by Crippen LogP contribution is 2.34. The molecule has 0 radical (unpaired) electrons. The van der Waals surface area contributed by atoms with Crippen LogP contribution in [-0.2, 0) is 4.79 Å². The zero-order valence-electron chi connectivity index (χ0n) is 22.3. The molecule has 0 aliphatic carbocycles. The molecule has 0 saturated heterocycles. The number of carbonyl (C=O) groups excluding carboxylic acids is 1. The van der Waals surface area contributed by atoms with Crippen LogP contribution in [0.2, 0.25) is 0 Å². The number of carboxylic acids is 1. The third-order valence-corrected chi connectivity index (χ3v) is 6.16. The number of nitrogens with zero attached hydrogens (tertiary/aromatic N) is 1. The average Bonchev–Trinajstić information content (AvgIpc) is 2.88. The summed E-state index contributed by atoms with van der Waals surface area (Å²) in [7, 11) is 1.77. The lowest BCUT2D eigenvalue weighted by atomic mass is 10.0. The van der Waals surface area contributed by atoms with Gasteiger partial charge in [0.15, 0.2) is 0 Å². The topological polar surface area (TPSA) is 78.9 Å². The normalized spacial score (nSPS) is 11.3. The molecule has 0 fully saturated rings. The van der Waals surface area contributed by atoms with E-state index < -0.39 is 5.97 Å². The molecule has 36 heavy (non-hydrogen) atoms. The fourth-order valence-electron chi connectivity index (χ4n) is 3.87. The Labute approximate surface area is 216 Å². The van der Waals surface area contributed by atoms with E-state index in [1.54, 1.807) is 18.0 Å². The number of unbranched alkanes of at least 4 members (excludes halogenated alkanes) is 5. The van der Waals surface area contributed by atoms with Gasteiger partial charge in [0.25, 0.3) is 0 Å². The number of aliphatic carboxylic acids is 1. The molecular formula is C30H42N2O4. The SMILES string of the molecule is CCCCCCCNC(=O)N(C)c1cccc(-c2ccc(/C=C(\CC)C(=O)O)cc2OCCCC)c1. The Kier molecular flexibility index (Phi) is 12.6. The smallest absolute Gasteiger partial charge is 0.331 e. The second-order valence-corrected chi connectivity index (χ2v) is 9.04. The molecule has 6 nitrogen and oxygen atoms in total. The number of benzene rings is 2. The molecule has 6 heteroatoms. The van der Waals surface area contributed by atoms with Crippen LogP contribution in [-0.4, -0.2) is 37.3 Å². The predicted octanol–water partition coefficient (Wildman–Crippen LogP) is 7.53. The molecule has 0 aromatic heterocycles. The first-order valence-corrected chi connectivity index (χ1v) is 13.2. The fraction of sp³-hybridized carbons (Fsp3) is 0.467. The van der Waals surface area contributed by atoms with Gasteiger partial charge in [0, 0.05) is 30.4 Å². The Hall–Kier alpha value is -3.28. The van der Waals surface area contributed by atoms with Crippen molar-refractivity contribution in [1.29, 1.82) is 0 Å². The van der Waals surface area contributed by atoms with Gasteiger partial charge >= 0.3 is 12.0 Å². The van der Waals surface area contributed by atoms with Crippen LogP contribution >= 0.6 is 0 Å². The van der Waals surface area contributed by atoms with Crippen LogP contribution in [0.4, 0.5) is 10.5 Å². The molecule has 2 amide bonds. The number of hydrogen-bond donors (Lipinski definition) is 2. The summed E-state index contributed by atoms with van der Waals surface area (Å²) in [6.07, 6.45) is 9.84. The number of anilines is 1. The van der Waals surface area contributed by atoms with Crippen molar-refractivity contribution in [2.75, 3.05) is 25.1 Å². The minimum absolute atomic E-state index is 0.122. The van der Waals surface area contributed by atoms with Crippen LogP contribution in [0.1, 0.15) is 77.7 Å². The Morgan fingerprint density at radius 3 is 2.42 bits per heavy atom. The molecule has 196 valence electrons. The van der Waals surface area contributed by atoms with Crippen molar-refractivity contribution >= 4 is 23.8 Å². The van der Waals surface area contributed by atoms with Crippen LogP contribution in [0.25, 0.3) is 17.2 Å². The van der Waals surface area contributed by atoms with Crippen LogP contribution in [0.3, 0.4) is 0 Å². The van der Waals surface area contributed by atoms with Crippen molar-refractivity contribution in [1.82, 2.24) is 5.32 Å². The lowest BCUT2D eigenvalue weighted by Gasteiger charge is -2.20. The second-order valence-electron chi connectivity index (χ2n) is 9.04. The number of nitrogens with one attached hydrogen (secondary N) is 1. The highest BCUT2D eigenvalue weighted by atomic mass is 16.5. The van der Waals surface area contributed by atoms with Gasteiger partial charge in [0.1, 0.15) is 5.75 Å². The van der Waals surface area contributed by atoms with Gasteiger partial charge in [-0.05, 0) is 54.7 Å². The Bertz CT molecular complexity index is 1020. The molecule has 0 spiro atoms. The quantitative estimate of drug-likeness (QED) is 0.198. The zero-order valence-corrected chi connectivity index (χ0v) is 22.3. The molecule has 2 N–H and O–H groups in total. The van der Waals surface area contributed by atoms with Gasteiger partial charge in [0.2, 0.25) is 0 Å². The van der Waals surface area contributed by atoms with Gasteiger partial charge in [-0.1, -0.05) is 77.1 Å². The average molecular weight is 495 g/mol. The van der Waals surface area contributed by atoms with E-state index in [2.05, 4.69) is 19.2 Å². The summed E-state index contributed by atoms with van der Waals surface area (Å²) in [6, 6.07) is 13.5. The molecule has 0 aliphatic heterocycles. The summed E-state index contributed by atoms with van der Waals surface area (Å²) in [6.45, 7) is 7.39. The van der Waals surface area contributed by atoms with E-state index in [1.807, 2.05) is 49.4 Å². The standard InChI is InChI=1S/C30H42N2O4/c1-5-8-10-11-12-18-31-30(35)32(4)26-15-13-14-25(22-26)27-17-16-23(20-24(7-3)29(33)34)21-28(27)36-19-9-6-2/h13-17,20-22H,5-12,18-19H2,1-4H3,(H,31,35)(H,33,34)/b24-20+. The van der Waals surface area contributed by atoms with E-state index in [4.69, 9.17) is 4.74 Å². The first-order valence-electron chi connectivity index (χ1n) is 13.2. The molecule has 2 aromatic rings. The van der Waals surface area contributed by atoms with Crippen molar-refractivity contribution in [3.05, 3.63) is 53.6 Å². The minimum Gasteiger partial charge on any atom is -0.493 e. The van der Waals surface area contributed by atoms with E-state index in [1.165, 1.54) is 19.3 Å². The lowest BCUT2D eigenvalue weighted by molar-refractivity contribution is -0.132. The Balaban J connectivity index is 2.24. The summed E-state index contributed by atoms with van der Waals surface area (Å²) in [4.78, 5) is 25.8. The minimum atomic E-state index is -0.912. The van der Waals surface area contributed by atoms with E-state index in [9.17, 15) is 14.7 Å².